The van der Waals surface area contributed by atoms with Crippen LogP contribution in [0.2, 0.25) is 0 Å². The molecule has 0 fully saturated rings. The molecule has 0 radical (unpaired) electrons. The molecule has 0 unspecified atom stereocenters. The van der Waals surface area contributed by atoms with Gasteiger partial charge in [-0.15, -0.1) is 0 Å². The quantitative estimate of drug-likeness (QED) is 0.130. The van der Waals surface area contributed by atoms with Crippen LogP contribution in [0.1, 0.15) is 0 Å². The molecule has 0 amide bonds. The van der Waals surface area contributed by atoms with E-state index in [1.807, 2.05) is 0 Å². The van der Waals surface area contributed by atoms with Crippen LogP contribution in [-0.4, -0.2) is 0 Å². The highest BCUT2D eigenvalue weighted by atomic mass is 16.3. The van der Waals surface area contributed by atoms with Crippen LogP contribution in [0.4, 0.5) is 0 Å². The standard InChI is InChI=1S/C56H34O/c1-4-17-43-36(12-1)28-31-53-56(43)51-33-38(29-30-52(51)57-53)35-24-26-37(27-25-35)54-46-20-7-9-22-48(46)55(49-23-10-8-21-47(49)54)41-15-11-14-39(32-41)50-34-40-13-2-3-16-42(40)44-18-5-6-19-45(44)50/h1-34H. The first kappa shape index (κ1) is 31.8. The van der Waals surface area contributed by atoms with Crippen LogP contribution in [0.15, 0.2) is 211 Å². The maximum absolute atomic E-state index is 6.31. The molecule has 0 aliphatic carbocycles. The monoisotopic (exact) mass is 722 g/mol. The van der Waals surface area contributed by atoms with Crippen molar-refractivity contribution < 1.29 is 4.42 Å². The Morgan fingerprint density at radius 1 is 0.246 bits per heavy atom. The van der Waals surface area contributed by atoms with Crippen molar-refractivity contribution in [1.82, 2.24) is 0 Å². The molecule has 57 heavy (non-hydrogen) atoms. The van der Waals surface area contributed by atoms with Crippen molar-refractivity contribution in [3.05, 3.63) is 206 Å². The maximum atomic E-state index is 6.31. The number of benzene rings is 11. The first-order valence-corrected chi connectivity index (χ1v) is 19.7. The third-order valence-electron chi connectivity index (χ3n) is 12.0. The average molecular weight is 723 g/mol. The van der Waals surface area contributed by atoms with Crippen molar-refractivity contribution in [3.63, 3.8) is 0 Å². The zero-order valence-corrected chi connectivity index (χ0v) is 31.0. The Bertz CT molecular complexity index is 3510. The molecule has 0 N–H and O–H groups in total. The van der Waals surface area contributed by atoms with Crippen molar-refractivity contribution in [3.8, 4) is 44.5 Å². The van der Waals surface area contributed by atoms with Crippen molar-refractivity contribution in [2.45, 2.75) is 0 Å². The zero-order valence-electron chi connectivity index (χ0n) is 31.0. The first-order valence-electron chi connectivity index (χ1n) is 19.7. The van der Waals surface area contributed by atoms with Gasteiger partial charge in [0, 0.05) is 10.8 Å². The van der Waals surface area contributed by atoms with Crippen LogP contribution in [0.5, 0.6) is 0 Å². The number of furan rings is 1. The summed E-state index contributed by atoms with van der Waals surface area (Å²) in [6.07, 6.45) is 0. The van der Waals surface area contributed by atoms with Gasteiger partial charge in [0.05, 0.1) is 0 Å². The van der Waals surface area contributed by atoms with E-state index >= 15 is 0 Å². The van der Waals surface area contributed by atoms with Gasteiger partial charge in [-0.2, -0.15) is 0 Å². The minimum atomic E-state index is 0.913. The second-order valence-corrected chi connectivity index (χ2v) is 15.2. The fraction of sp³-hybridized carbons (Fsp3) is 0. The molecule has 0 aliphatic rings. The van der Waals surface area contributed by atoms with E-state index < -0.39 is 0 Å². The molecule has 0 saturated carbocycles. The highest BCUT2D eigenvalue weighted by Gasteiger charge is 2.18. The molecule has 1 aromatic heterocycles. The fourth-order valence-corrected chi connectivity index (χ4v) is 9.44. The SMILES string of the molecule is c1cc(-c2c3ccccc3c(-c3ccc(-c4ccc5oc6ccc7ccccc7c6c5c4)cc3)c3ccccc23)cc(-c2cc3ccccc3c3ccccc23)c1. The first-order chi connectivity index (χ1) is 28.3. The summed E-state index contributed by atoms with van der Waals surface area (Å²) in [5.74, 6) is 0. The van der Waals surface area contributed by atoms with Crippen LogP contribution < -0.4 is 0 Å². The molecule has 0 aliphatic heterocycles. The average Bonchev–Trinajstić information content (AvgIpc) is 3.67. The Labute approximate surface area is 329 Å². The predicted octanol–water partition coefficient (Wildman–Crippen LogP) is 16.0. The van der Waals surface area contributed by atoms with Gasteiger partial charge in [0.25, 0.3) is 0 Å². The van der Waals surface area contributed by atoms with Gasteiger partial charge >= 0.3 is 0 Å². The summed E-state index contributed by atoms with van der Waals surface area (Å²) >= 11 is 0. The van der Waals surface area contributed by atoms with Crippen LogP contribution in [0, 0.1) is 0 Å². The number of hydrogen-bond acceptors (Lipinski definition) is 1. The van der Waals surface area contributed by atoms with Crippen molar-refractivity contribution >= 4 is 75.8 Å². The highest BCUT2D eigenvalue weighted by Crippen LogP contribution is 2.45. The normalized spacial score (nSPS) is 11.9. The molecule has 0 atom stereocenters. The highest BCUT2D eigenvalue weighted by molar-refractivity contribution is 6.22. The van der Waals surface area contributed by atoms with Crippen molar-refractivity contribution in [2.24, 2.45) is 0 Å². The second kappa shape index (κ2) is 12.5. The van der Waals surface area contributed by atoms with Crippen molar-refractivity contribution in [2.75, 3.05) is 0 Å². The van der Waals surface area contributed by atoms with E-state index in [0.717, 1.165) is 16.6 Å². The van der Waals surface area contributed by atoms with E-state index in [-0.39, 0.29) is 0 Å². The van der Waals surface area contributed by atoms with E-state index in [2.05, 4.69) is 206 Å². The Hall–Kier alpha value is -7.48. The maximum Gasteiger partial charge on any atom is 0.136 e. The Morgan fingerprint density at radius 2 is 0.772 bits per heavy atom. The van der Waals surface area contributed by atoms with Gasteiger partial charge in [0.2, 0.25) is 0 Å². The van der Waals surface area contributed by atoms with Crippen LogP contribution in [0.3, 0.4) is 0 Å². The minimum Gasteiger partial charge on any atom is -0.456 e. The van der Waals surface area contributed by atoms with Gasteiger partial charge in [-0.25, -0.2) is 0 Å². The molecule has 12 aromatic rings. The van der Waals surface area contributed by atoms with Gasteiger partial charge in [0.1, 0.15) is 11.2 Å². The van der Waals surface area contributed by atoms with Gasteiger partial charge in [0.15, 0.2) is 0 Å². The lowest BCUT2D eigenvalue weighted by molar-refractivity contribution is 0.669. The van der Waals surface area contributed by atoms with Gasteiger partial charge in [-0.3, -0.25) is 0 Å². The minimum absolute atomic E-state index is 0.913. The lowest BCUT2D eigenvalue weighted by Gasteiger charge is -2.19. The summed E-state index contributed by atoms with van der Waals surface area (Å²) in [5, 5.41) is 14.9. The molecule has 1 heteroatoms. The Kier molecular flexibility index (Phi) is 7.00. The molecule has 12 rings (SSSR count). The fourth-order valence-electron chi connectivity index (χ4n) is 9.44. The van der Waals surface area contributed by atoms with E-state index in [4.69, 9.17) is 4.42 Å². The second-order valence-electron chi connectivity index (χ2n) is 15.2. The molecule has 0 spiro atoms. The third-order valence-corrected chi connectivity index (χ3v) is 12.0. The van der Waals surface area contributed by atoms with E-state index in [1.54, 1.807) is 0 Å². The molecular weight excluding hydrogens is 689 g/mol. The summed E-state index contributed by atoms with van der Waals surface area (Å²) in [6.45, 7) is 0. The van der Waals surface area contributed by atoms with Crippen molar-refractivity contribution in [1.29, 1.82) is 0 Å². The Morgan fingerprint density at radius 3 is 1.49 bits per heavy atom. The lowest BCUT2D eigenvalue weighted by atomic mass is 9.85. The summed E-state index contributed by atoms with van der Waals surface area (Å²) in [5.41, 5.74) is 11.6. The molecular formula is C56H34O. The summed E-state index contributed by atoms with van der Waals surface area (Å²) in [6, 6.07) is 75.4. The summed E-state index contributed by atoms with van der Waals surface area (Å²) < 4.78 is 6.31. The molecule has 1 nitrogen and oxygen atoms in total. The number of fused-ring (bicyclic) bond motifs is 10. The number of hydrogen-bond donors (Lipinski definition) is 0. The molecule has 264 valence electrons. The van der Waals surface area contributed by atoms with E-state index in [9.17, 15) is 0 Å². The van der Waals surface area contributed by atoms with Gasteiger partial charge < -0.3 is 4.42 Å². The smallest absolute Gasteiger partial charge is 0.136 e. The van der Waals surface area contributed by atoms with E-state index in [1.165, 1.54) is 104 Å². The number of rotatable bonds is 4. The predicted molar refractivity (Wildman–Crippen MR) is 243 cm³/mol. The topological polar surface area (TPSA) is 13.1 Å². The largest absolute Gasteiger partial charge is 0.456 e. The van der Waals surface area contributed by atoms with Gasteiger partial charge in [-0.1, -0.05) is 176 Å². The summed E-state index contributed by atoms with van der Waals surface area (Å²) in [7, 11) is 0. The third kappa shape index (κ3) is 4.96. The lowest BCUT2D eigenvalue weighted by Crippen LogP contribution is -1.91. The zero-order chi connectivity index (χ0) is 37.5. The molecule has 0 bridgehead atoms. The van der Waals surface area contributed by atoms with Crippen LogP contribution in [-0.2, 0) is 0 Å². The summed E-state index contributed by atoms with van der Waals surface area (Å²) in [4.78, 5) is 0. The molecule has 0 saturated heterocycles. The van der Waals surface area contributed by atoms with Gasteiger partial charge in [-0.05, 0) is 129 Å². The van der Waals surface area contributed by atoms with Crippen LogP contribution in [0.25, 0.3) is 120 Å². The van der Waals surface area contributed by atoms with Crippen LogP contribution >= 0.6 is 0 Å². The molecule has 11 aromatic carbocycles. The van der Waals surface area contributed by atoms with E-state index in [0.29, 0.717) is 0 Å². The molecule has 1 heterocycles. The Balaban J connectivity index is 1.00.